The van der Waals surface area contributed by atoms with E-state index in [1.54, 1.807) is 24.3 Å². The van der Waals surface area contributed by atoms with Gasteiger partial charge in [0.25, 0.3) is 0 Å². The molecule has 0 saturated heterocycles. The van der Waals surface area contributed by atoms with Gasteiger partial charge in [-0.2, -0.15) is 13.2 Å². The summed E-state index contributed by atoms with van der Waals surface area (Å²) >= 11 is 0. The zero-order valence-corrected chi connectivity index (χ0v) is 16.0. The third kappa shape index (κ3) is 5.21. The molecule has 0 aliphatic carbocycles. The van der Waals surface area contributed by atoms with Gasteiger partial charge in [-0.15, -0.1) is 0 Å². The Morgan fingerprint density at radius 3 is 2.19 bits per heavy atom. The fourth-order valence-electron chi connectivity index (χ4n) is 2.70. The lowest BCUT2D eigenvalue weighted by Crippen LogP contribution is -3.07. The van der Waals surface area contributed by atoms with E-state index in [4.69, 9.17) is 4.74 Å². The van der Waals surface area contributed by atoms with Crippen LogP contribution in [0.15, 0.2) is 53.4 Å². The van der Waals surface area contributed by atoms with Crippen LogP contribution in [0.25, 0.3) is 0 Å². The fraction of sp³-hybridized carbons (Fsp3) is 0.333. The van der Waals surface area contributed by atoms with E-state index in [2.05, 4.69) is 4.72 Å². The summed E-state index contributed by atoms with van der Waals surface area (Å²) in [5.74, 6) is 0.658. The first-order valence-corrected chi connectivity index (χ1v) is 9.64. The van der Waals surface area contributed by atoms with Gasteiger partial charge in [-0.3, -0.25) is 0 Å². The second-order valence-electron chi connectivity index (χ2n) is 6.25. The molecular formula is C18H22F3N2O3S+. The van der Waals surface area contributed by atoms with Crippen LogP contribution in [0, 0.1) is 0 Å². The number of ether oxygens (including phenoxy) is 1. The molecule has 2 aromatic rings. The fourth-order valence-corrected chi connectivity index (χ4v) is 3.97. The zero-order valence-electron chi connectivity index (χ0n) is 15.2. The van der Waals surface area contributed by atoms with Crippen molar-refractivity contribution in [3.63, 3.8) is 0 Å². The summed E-state index contributed by atoms with van der Waals surface area (Å²) in [4.78, 5) is 0.145. The standard InChI is InChI=1S/C18H21F3N2O3S/c1-23(2)16(13-8-10-14(26-3)11-9-13)12-22-27(24,25)17-7-5-4-6-15(17)18(19,20)21/h4-11,16,22H,12H2,1-3H3/p+1/t16-/m0/s1. The SMILES string of the molecule is COc1ccc([C@H](CNS(=O)(=O)c2ccccc2C(F)(F)F)[NH+](C)C)cc1. The van der Waals surface area contributed by atoms with E-state index < -0.39 is 26.7 Å². The first kappa shape index (κ1) is 21.2. The van der Waals surface area contributed by atoms with Crippen molar-refractivity contribution in [1.29, 1.82) is 0 Å². The molecule has 1 atom stereocenters. The minimum Gasteiger partial charge on any atom is -0.497 e. The smallest absolute Gasteiger partial charge is 0.417 e. The Bertz CT molecular complexity index is 866. The van der Waals surface area contributed by atoms with Gasteiger partial charge >= 0.3 is 6.18 Å². The van der Waals surface area contributed by atoms with Crippen LogP contribution in [-0.4, -0.2) is 36.2 Å². The highest BCUT2D eigenvalue weighted by atomic mass is 32.2. The molecule has 0 aliphatic heterocycles. The number of rotatable bonds is 7. The maximum absolute atomic E-state index is 13.1. The maximum Gasteiger partial charge on any atom is 0.417 e. The van der Waals surface area contributed by atoms with Crippen LogP contribution in [-0.2, 0) is 16.2 Å². The Morgan fingerprint density at radius 2 is 1.67 bits per heavy atom. The summed E-state index contributed by atoms with van der Waals surface area (Å²) in [7, 11) is 0.886. The second-order valence-corrected chi connectivity index (χ2v) is 7.98. The van der Waals surface area contributed by atoms with Gasteiger partial charge in [0.15, 0.2) is 0 Å². The van der Waals surface area contributed by atoms with E-state index >= 15 is 0 Å². The lowest BCUT2D eigenvalue weighted by atomic mass is 10.1. The van der Waals surface area contributed by atoms with E-state index in [-0.39, 0.29) is 12.6 Å². The summed E-state index contributed by atoms with van der Waals surface area (Å²) in [5, 5.41) is 0. The van der Waals surface area contributed by atoms with Crippen LogP contribution < -0.4 is 14.4 Å². The first-order chi connectivity index (χ1) is 12.6. The molecule has 2 rings (SSSR count). The number of methoxy groups -OCH3 is 1. The minimum atomic E-state index is -4.76. The Hall–Kier alpha value is -2.10. The number of benzene rings is 2. The van der Waals surface area contributed by atoms with Gasteiger partial charge in [0.05, 0.1) is 38.2 Å². The molecule has 9 heteroatoms. The summed E-state index contributed by atoms with van der Waals surface area (Å²) in [6, 6.07) is 10.9. The van der Waals surface area contributed by atoms with Crippen LogP contribution in [0.1, 0.15) is 17.2 Å². The highest BCUT2D eigenvalue weighted by Crippen LogP contribution is 2.33. The number of hydrogen-bond acceptors (Lipinski definition) is 3. The molecule has 2 aromatic carbocycles. The summed E-state index contributed by atoms with van der Waals surface area (Å²) in [5.41, 5.74) is -0.349. The molecule has 27 heavy (non-hydrogen) atoms. The molecule has 0 aliphatic rings. The van der Waals surface area contributed by atoms with Crippen molar-refractivity contribution in [3.05, 3.63) is 59.7 Å². The Morgan fingerprint density at radius 1 is 1.07 bits per heavy atom. The van der Waals surface area contributed by atoms with Gasteiger partial charge in [0.1, 0.15) is 11.8 Å². The molecule has 148 valence electrons. The van der Waals surface area contributed by atoms with Crippen molar-refractivity contribution in [2.75, 3.05) is 27.7 Å². The molecule has 0 fully saturated rings. The maximum atomic E-state index is 13.1. The van der Waals surface area contributed by atoms with E-state index in [1.165, 1.54) is 13.2 Å². The Kier molecular flexibility index (Phi) is 6.50. The summed E-state index contributed by atoms with van der Waals surface area (Å²) < 4.78 is 71.9. The molecule has 2 N–H and O–H groups in total. The number of likely N-dealkylation sites (N-methyl/N-ethyl adjacent to an activating group) is 1. The van der Waals surface area contributed by atoms with E-state index in [0.29, 0.717) is 5.75 Å². The van der Waals surface area contributed by atoms with E-state index in [0.717, 1.165) is 28.7 Å². The van der Waals surface area contributed by atoms with Crippen LogP contribution >= 0.6 is 0 Å². The van der Waals surface area contributed by atoms with Crippen molar-refractivity contribution >= 4 is 10.0 Å². The number of quaternary nitrogens is 1. The van der Waals surface area contributed by atoms with Crippen LogP contribution in [0.2, 0.25) is 0 Å². The van der Waals surface area contributed by atoms with E-state index in [9.17, 15) is 21.6 Å². The van der Waals surface area contributed by atoms with Crippen molar-refractivity contribution < 1.29 is 31.2 Å². The average molecular weight is 403 g/mol. The van der Waals surface area contributed by atoms with Crippen LogP contribution in [0.4, 0.5) is 13.2 Å². The van der Waals surface area contributed by atoms with Crippen molar-refractivity contribution in [2.45, 2.75) is 17.1 Å². The van der Waals surface area contributed by atoms with Gasteiger partial charge in [0, 0.05) is 5.56 Å². The second kappa shape index (κ2) is 8.28. The molecule has 0 bridgehead atoms. The number of halogens is 3. The average Bonchev–Trinajstić information content (AvgIpc) is 2.61. The first-order valence-electron chi connectivity index (χ1n) is 8.16. The quantitative estimate of drug-likeness (QED) is 0.742. The van der Waals surface area contributed by atoms with Crippen molar-refractivity contribution in [2.24, 2.45) is 0 Å². The minimum absolute atomic E-state index is 0.0524. The monoisotopic (exact) mass is 403 g/mol. The molecule has 0 saturated carbocycles. The lowest BCUT2D eigenvalue weighted by molar-refractivity contribution is -0.890. The number of nitrogens with one attached hydrogen (secondary N) is 2. The number of hydrogen-bond donors (Lipinski definition) is 2. The molecule has 0 spiro atoms. The summed E-state index contributed by atoms with van der Waals surface area (Å²) in [6.07, 6.45) is -4.76. The highest BCUT2D eigenvalue weighted by molar-refractivity contribution is 7.89. The third-order valence-corrected chi connectivity index (χ3v) is 5.66. The molecule has 0 amide bonds. The Balaban J connectivity index is 2.26. The van der Waals surface area contributed by atoms with Crippen LogP contribution in [0.5, 0.6) is 5.75 Å². The van der Waals surface area contributed by atoms with Gasteiger partial charge in [0.2, 0.25) is 10.0 Å². The topological polar surface area (TPSA) is 59.8 Å². The molecule has 0 radical (unpaired) electrons. The third-order valence-electron chi connectivity index (χ3n) is 4.17. The molecule has 5 nitrogen and oxygen atoms in total. The predicted molar refractivity (Wildman–Crippen MR) is 95.2 cm³/mol. The van der Waals surface area contributed by atoms with Crippen LogP contribution in [0.3, 0.4) is 0 Å². The lowest BCUT2D eigenvalue weighted by Gasteiger charge is -2.23. The molecule has 0 unspecified atom stereocenters. The zero-order chi connectivity index (χ0) is 20.2. The van der Waals surface area contributed by atoms with Gasteiger partial charge in [-0.25, -0.2) is 13.1 Å². The summed E-state index contributed by atoms with van der Waals surface area (Å²) in [6.45, 7) is -0.0524. The number of sulfonamides is 1. The normalized spacial score (nSPS) is 13.6. The van der Waals surface area contributed by atoms with Gasteiger partial charge in [-0.1, -0.05) is 12.1 Å². The molecule has 0 heterocycles. The van der Waals surface area contributed by atoms with E-state index in [1.807, 2.05) is 14.1 Å². The number of alkyl halides is 3. The Labute approximate surface area is 156 Å². The molecular weight excluding hydrogens is 381 g/mol. The van der Waals surface area contributed by atoms with Crippen molar-refractivity contribution in [3.8, 4) is 5.75 Å². The largest absolute Gasteiger partial charge is 0.497 e. The van der Waals surface area contributed by atoms with Gasteiger partial charge in [-0.05, 0) is 36.4 Å². The predicted octanol–water partition coefficient (Wildman–Crippen LogP) is 1.88. The highest BCUT2D eigenvalue weighted by Gasteiger charge is 2.37. The van der Waals surface area contributed by atoms with Crippen molar-refractivity contribution in [1.82, 2.24) is 4.72 Å². The van der Waals surface area contributed by atoms with Gasteiger partial charge < -0.3 is 9.64 Å². The molecule has 0 aromatic heterocycles.